The zero-order chi connectivity index (χ0) is 17.5. The first-order valence-electron chi connectivity index (χ1n) is 8.55. The third-order valence-corrected chi connectivity index (χ3v) is 4.01. The van der Waals surface area contributed by atoms with Crippen LogP contribution in [0, 0.1) is 6.92 Å². The molecule has 1 amide bonds. The average Bonchev–Trinajstić information content (AvgIpc) is 3.02. The molecular formula is C21H22N2O2. The van der Waals surface area contributed by atoms with E-state index in [-0.39, 0.29) is 5.91 Å². The van der Waals surface area contributed by atoms with Crippen molar-refractivity contribution in [1.29, 1.82) is 0 Å². The van der Waals surface area contributed by atoms with Crippen LogP contribution in [0.4, 0.5) is 0 Å². The zero-order valence-electron chi connectivity index (χ0n) is 14.4. The van der Waals surface area contributed by atoms with Gasteiger partial charge in [0.25, 0.3) is 0 Å². The highest BCUT2D eigenvalue weighted by Crippen LogP contribution is 2.23. The summed E-state index contributed by atoms with van der Waals surface area (Å²) in [5.41, 5.74) is 3.07. The molecule has 3 aromatic rings. The number of carbonyl (C=O) groups is 1. The van der Waals surface area contributed by atoms with Crippen molar-refractivity contribution in [3.05, 3.63) is 77.9 Å². The second kappa shape index (κ2) is 8.29. The van der Waals surface area contributed by atoms with E-state index < -0.39 is 0 Å². The molecule has 1 N–H and O–H groups in total. The van der Waals surface area contributed by atoms with E-state index in [2.05, 4.69) is 10.3 Å². The molecule has 4 nitrogen and oxygen atoms in total. The molecule has 0 saturated heterocycles. The van der Waals surface area contributed by atoms with Crippen molar-refractivity contribution < 1.29 is 9.21 Å². The summed E-state index contributed by atoms with van der Waals surface area (Å²) in [4.78, 5) is 16.5. The van der Waals surface area contributed by atoms with Crippen molar-refractivity contribution in [2.24, 2.45) is 0 Å². The molecule has 128 valence electrons. The molecule has 1 aromatic heterocycles. The molecule has 2 aromatic carbocycles. The van der Waals surface area contributed by atoms with Crippen molar-refractivity contribution in [3.63, 3.8) is 0 Å². The Morgan fingerprint density at radius 3 is 2.40 bits per heavy atom. The largest absolute Gasteiger partial charge is 0.445 e. The van der Waals surface area contributed by atoms with Gasteiger partial charge in [-0.05, 0) is 12.0 Å². The average molecular weight is 334 g/mol. The third kappa shape index (κ3) is 4.80. The van der Waals surface area contributed by atoms with E-state index in [4.69, 9.17) is 4.42 Å². The molecule has 0 radical (unpaired) electrons. The first-order valence-corrected chi connectivity index (χ1v) is 8.55. The fourth-order valence-electron chi connectivity index (χ4n) is 2.77. The van der Waals surface area contributed by atoms with Gasteiger partial charge in [-0.25, -0.2) is 4.98 Å². The molecule has 4 heteroatoms. The summed E-state index contributed by atoms with van der Waals surface area (Å²) >= 11 is 0. The van der Waals surface area contributed by atoms with Gasteiger partial charge in [-0.15, -0.1) is 0 Å². The molecule has 0 fully saturated rings. The predicted molar refractivity (Wildman–Crippen MR) is 98.2 cm³/mol. The monoisotopic (exact) mass is 334 g/mol. The highest BCUT2D eigenvalue weighted by molar-refractivity contribution is 5.76. The summed E-state index contributed by atoms with van der Waals surface area (Å²) in [7, 11) is 0. The standard InChI is InChI=1S/C21H22N2O2/c1-16-23-21(18-10-6-3-7-11-18)19(25-16)14-15-22-20(24)13-12-17-8-4-2-5-9-17/h2-11H,12-15H2,1H3,(H,22,24). The van der Waals surface area contributed by atoms with Crippen LogP contribution in [0.1, 0.15) is 23.6 Å². The molecule has 0 aliphatic carbocycles. The summed E-state index contributed by atoms with van der Waals surface area (Å²) < 4.78 is 5.72. The molecule has 1 heterocycles. The van der Waals surface area contributed by atoms with Crippen LogP contribution in [0.2, 0.25) is 0 Å². The van der Waals surface area contributed by atoms with Gasteiger partial charge in [0.05, 0.1) is 0 Å². The van der Waals surface area contributed by atoms with Crippen molar-refractivity contribution in [1.82, 2.24) is 10.3 Å². The molecule has 0 bridgehead atoms. The van der Waals surface area contributed by atoms with Crippen LogP contribution in [-0.2, 0) is 17.6 Å². The lowest BCUT2D eigenvalue weighted by molar-refractivity contribution is -0.121. The van der Waals surface area contributed by atoms with Gasteiger partial charge in [-0.3, -0.25) is 4.79 Å². The smallest absolute Gasteiger partial charge is 0.220 e. The minimum Gasteiger partial charge on any atom is -0.445 e. The van der Waals surface area contributed by atoms with Gasteiger partial charge >= 0.3 is 0 Å². The maximum absolute atomic E-state index is 12.0. The van der Waals surface area contributed by atoms with E-state index >= 15 is 0 Å². The maximum atomic E-state index is 12.0. The number of carbonyl (C=O) groups excluding carboxylic acids is 1. The van der Waals surface area contributed by atoms with E-state index in [9.17, 15) is 4.79 Å². The summed E-state index contributed by atoms with van der Waals surface area (Å²) in [6.45, 7) is 2.39. The first kappa shape index (κ1) is 17.0. The molecule has 25 heavy (non-hydrogen) atoms. The van der Waals surface area contributed by atoms with Gasteiger partial charge < -0.3 is 9.73 Å². The predicted octanol–water partition coefficient (Wildman–Crippen LogP) is 3.94. The lowest BCUT2D eigenvalue weighted by atomic mass is 10.1. The fraction of sp³-hybridized carbons (Fsp3) is 0.238. The molecule has 0 saturated carbocycles. The molecule has 0 atom stereocenters. The Labute approximate surface area is 147 Å². The fourth-order valence-corrected chi connectivity index (χ4v) is 2.77. The topological polar surface area (TPSA) is 55.1 Å². The van der Waals surface area contributed by atoms with Gasteiger partial charge in [0, 0.05) is 31.9 Å². The molecule has 0 spiro atoms. The summed E-state index contributed by atoms with van der Waals surface area (Å²) in [6, 6.07) is 20.0. The number of amides is 1. The first-order chi connectivity index (χ1) is 12.2. The van der Waals surface area contributed by atoms with Crippen LogP contribution in [0.3, 0.4) is 0 Å². The van der Waals surface area contributed by atoms with E-state index in [0.29, 0.717) is 25.3 Å². The van der Waals surface area contributed by atoms with Crippen LogP contribution >= 0.6 is 0 Å². The van der Waals surface area contributed by atoms with Gasteiger partial charge in [-0.1, -0.05) is 60.7 Å². The van der Waals surface area contributed by atoms with Crippen molar-refractivity contribution in [3.8, 4) is 11.3 Å². The van der Waals surface area contributed by atoms with Crippen LogP contribution < -0.4 is 5.32 Å². The van der Waals surface area contributed by atoms with E-state index in [0.717, 1.165) is 23.4 Å². The summed E-state index contributed by atoms with van der Waals surface area (Å²) in [5.74, 6) is 1.51. The lowest BCUT2D eigenvalue weighted by Crippen LogP contribution is -2.25. The van der Waals surface area contributed by atoms with E-state index in [1.165, 1.54) is 5.56 Å². The number of oxazole rings is 1. The zero-order valence-corrected chi connectivity index (χ0v) is 14.4. The molecular weight excluding hydrogens is 312 g/mol. The number of nitrogens with one attached hydrogen (secondary N) is 1. The molecule has 3 rings (SSSR count). The van der Waals surface area contributed by atoms with Gasteiger partial charge in [0.2, 0.25) is 5.91 Å². The van der Waals surface area contributed by atoms with Gasteiger partial charge in [0.1, 0.15) is 11.5 Å². The molecule has 0 aliphatic rings. The minimum atomic E-state index is 0.0568. The van der Waals surface area contributed by atoms with Gasteiger partial charge in [-0.2, -0.15) is 0 Å². The highest BCUT2D eigenvalue weighted by atomic mass is 16.4. The Bertz CT molecular complexity index is 810. The Morgan fingerprint density at radius 1 is 1.00 bits per heavy atom. The number of rotatable bonds is 7. The normalized spacial score (nSPS) is 10.6. The van der Waals surface area contributed by atoms with E-state index in [1.807, 2.05) is 67.6 Å². The van der Waals surface area contributed by atoms with Crippen LogP contribution in [0.5, 0.6) is 0 Å². The Hall–Kier alpha value is -2.88. The molecule has 0 aliphatic heterocycles. The number of hydrogen-bond donors (Lipinski definition) is 1. The quantitative estimate of drug-likeness (QED) is 0.712. The Morgan fingerprint density at radius 2 is 1.68 bits per heavy atom. The van der Waals surface area contributed by atoms with E-state index in [1.54, 1.807) is 0 Å². The van der Waals surface area contributed by atoms with Crippen molar-refractivity contribution in [2.75, 3.05) is 6.54 Å². The van der Waals surface area contributed by atoms with Crippen LogP contribution in [0.15, 0.2) is 65.1 Å². The SMILES string of the molecule is Cc1nc(-c2ccccc2)c(CCNC(=O)CCc2ccccc2)o1. The number of nitrogens with zero attached hydrogens (tertiary/aromatic N) is 1. The van der Waals surface area contributed by atoms with Crippen LogP contribution in [-0.4, -0.2) is 17.4 Å². The van der Waals surface area contributed by atoms with Crippen LogP contribution in [0.25, 0.3) is 11.3 Å². The third-order valence-electron chi connectivity index (χ3n) is 4.01. The van der Waals surface area contributed by atoms with Crippen molar-refractivity contribution in [2.45, 2.75) is 26.2 Å². The lowest BCUT2D eigenvalue weighted by Gasteiger charge is -2.05. The maximum Gasteiger partial charge on any atom is 0.220 e. The minimum absolute atomic E-state index is 0.0568. The Balaban J connectivity index is 1.51. The number of hydrogen-bond acceptors (Lipinski definition) is 3. The summed E-state index contributed by atoms with van der Waals surface area (Å²) in [5, 5.41) is 2.96. The summed E-state index contributed by atoms with van der Waals surface area (Å²) in [6.07, 6.45) is 1.87. The second-order valence-corrected chi connectivity index (χ2v) is 5.96. The Kier molecular flexibility index (Phi) is 5.62. The number of benzene rings is 2. The highest BCUT2D eigenvalue weighted by Gasteiger charge is 2.13. The van der Waals surface area contributed by atoms with Gasteiger partial charge in [0.15, 0.2) is 5.89 Å². The second-order valence-electron chi connectivity index (χ2n) is 5.96. The van der Waals surface area contributed by atoms with Crippen molar-refractivity contribution >= 4 is 5.91 Å². The molecule has 0 unspecified atom stereocenters. The number of aromatic nitrogens is 1. The number of aryl methyl sites for hydroxylation is 2.